The second-order valence-corrected chi connectivity index (χ2v) is 4.98. The molecular weight excluding hydrogens is 276 g/mol. The minimum Gasteiger partial charge on any atom is -0.480 e. The van der Waals surface area contributed by atoms with Gasteiger partial charge in [0.25, 0.3) is 5.91 Å². The summed E-state index contributed by atoms with van der Waals surface area (Å²) in [4.78, 5) is 12.2. The molecule has 1 heterocycles. The van der Waals surface area contributed by atoms with Crippen molar-refractivity contribution in [1.82, 2.24) is 10.6 Å². The van der Waals surface area contributed by atoms with E-state index in [9.17, 15) is 4.79 Å². The molecule has 2 unspecified atom stereocenters. The molecule has 1 aliphatic heterocycles. The first-order valence-electron chi connectivity index (χ1n) is 6.94. The fourth-order valence-corrected chi connectivity index (χ4v) is 2.24. The third-order valence-electron chi connectivity index (χ3n) is 3.43. The molecule has 5 heteroatoms. The third kappa shape index (κ3) is 4.39. The van der Waals surface area contributed by atoms with E-state index < -0.39 is 6.10 Å². The number of benzene rings is 1. The molecule has 0 radical (unpaired) electrons. The molecule has 2 N–H and O–H groups in total. The molecule has 1 fully saturated rings. The Labute approximate surface area is 126 Å². The molecular formula is C15H23ClN2O2. The van der Waals surface area contributed by atoms with Crippen molar-refractivity contribution >= 4 is 18.3 Å². The lowest BCUT2D eigenvalue weighted by atomic mass is 10.2. The van der Waals surface area contributed by atoms with Gasteiger partial charge in [0.05, 0.1) is 0 Å². The largest absolute Gasteiger partial charge is 0.480 e. The normalized spacial score (nSPS) is 19.0. The molecule has 1 saturated heterocycles. The van der Waals surface area contributed by atoms with Crippen molar-refractivity contribution in [3.8, 4) is 5.75 Å². The molecule has 0 bridgehead atoms. The van der Waals surface area contributed by atoms with Crippen molar-refractivity contribution in [2.45, 2.75) is 38.8 Å². The number of aryl methyl sites for hydroxylation is 1. The second-order valence-electron chi connectivity index (χ2n) is 4.98. The Morgan fingerprint density at radius 2 is 2.25 bits per heavy atom. The van der Waals surface area contributed by atoms with Gasteiger partial charge in [0, 0.05) is 12.6 Å². The average molecular weight is 299 g/mol. The van der Waals surface area contributed by atoms with Crippen LogP contribution in [0.1, 0.15) is 25.3 Å². The predicted molar refractivity (Wildman–Crippen MR) is 82.6 cm³/mol. The van der Waals surface area contributed by atoms with Gasteiger partial charge in [-0.3, -0.25) is 4.79 Å². The van der Waals surface area contributed by atoms with Crippen LogP contribution in [-0.2, 0) is 4.79 Å². The molecule has 4 nitrogen and oxygen atoms in total. The van der Waals surface area contributed by atoms with E-state index in [2.05, 4.69) is 10.6 Å². The zero-order valence-corrected chi connectivity index (χ0v) is 12.8. The van der Waals surface area contributed by atoms with Gasteiger partial charge in [0.2, 0.25) is 0 Å². The van der Waals surface area contributed by atoms with Crippen LogP contribution in [0, 0.1) is 6.92 Å². The number of rotatable bonds is 5. The van der Waals surface area contributed by atoms with Crippen LogP contribution in [0.5, 0.6) is 5.75 Å². The second kappa shape index (κ2) is 8.12. The number of nitrogens with one attached hydrogen (secondary N) is 2. The summed E-state index contributed by atoms with van der Waals surface area (Å²) in [5.41, 5.74) is 1.05. The fourth-order valence-electron chi connectivity index (χ4n) is 2.24. The topological polar surface area (TPSA) is 50.4 Å². The SMILES string of the molecule is CCC(Oc1ccccc1C)C(=O)NC1CCNC1.Cl. The molecule has 0 aliphatic carbocycles. The number of amides is 1. The summed E-state index contributed by atoms with van der Waals surface area (Å²) in [7, 11) is 0. The minimum atomic E-state index is -0.415. The maximum atomic E-state index is 12.2. The summed E-state index contributed by atoms with van der Waals surface area (Å²) >= 11 is 0. The zero-order chi connectivity index (χ0) is 13.7. The summed E-state index contributed by atoms with van der Waals surface area (Å²) in [6.45, 7) is 5.78. The zero-order valence-electron chi connectivity index (χ0n) is 12.0. The Balaban J connectivity index is 0.00000200. The molecule has 112 valence electrons. The van der Waals surface area contributed by atoms with E-state index in [0.29, 0.717) is 6.42 Å². The van der Waals surface area contributed by atoms with Crippen LogP contribution >= 0.6 is 12.4 Å². The number of para-hydroxylation sites is 1. The van der Waals surface area contributed by atoms with Crippen molar-refractivity contribution in [1.29, 1.82) is 0 Å². The number of hydrogen-bond acceptors (Lipinski definition) is 3. The average Bonchev–Trinajstić information content (AvgIpc) is 2.90. The predicted octanol–water partition coefficient (Wildman–Crippen LogP) is 2.05. The van der Waals surface area contributed by atoms with Crippen LogP contribution in [0.15, 0.2) is 24.3 Å². The van der Waals surface area contributed by atoms with E-state index >= 15 is 0 Å². The van der Waals surface area contributed by atoms with Crippen molar-refractivity contribution < 1.29 is 9.53 Å². The lowest BCUT2D eigenvalue weighted by Gasteiger charge is -2.20. The highest BCUT2D eigenvalue weighted by molar-refractivity contribution is 5.85. The molecule has 20 heavy (non-hydrogen) atoms. The van der Waals surface area contributed by atoms with Gasteiger partial charge in [0.1, 0.15) is 5.75 Å². The minimum absolute atomic E-state index is 0. The number of carbonyl (C=O) groups is 1. The Morgan fingerprint density at radius 3 is 2.85 bits per heavy atom. The number of halogens is 1. The molecule has 1 amide bonds. The smallest absolute Gasteiger partial charge is 0.261 e. The van der Waals surface area contributed by atoms with Crippen molar-refractivity contribution in [2.75, 3.05) is 13.1 Å². The van der Waals surface area contributed by atoms with Gasteiger partial charge in [0.15, 0.2) is 6.10 Å². The van der Waals surface area contributed by atoms with Gasteiger partial charge >= 0.3 is 0 Å². The molecule has 1 aromatic carbocycles. The van der Waals surface area contributed by atoms with Crippen molar-refractivity contribution in [3.63, 3.8) is 0 Å². The monoisotopic (exact) mass is 298 g/mol. The lowest BCUT2D eigenvalue weighted by Crippen LogP contribution is -2.44. The van der Waals surface area contributed by atoms with Crippen LogP contribution in [0.3, 0.4) is 0 Å². The Bertz CT molecular complexity index is 434. The van der Waals surface area contributed by atoms with Gasteiger partial charge in [-0.25, -0.2) is 0 Å². The standard InChI is InChI=1S/C15H22N2O2.ClH/c1-3-13(15(18)17-12-8-9-16-10-12)19-14-7-5-4-6-11(14)2;/h4-7,12-13,16H,3,8-10H2,1-2H3,(H,17,18);1H. The molecule has 2 atom stereocenters. The summed E-state index contributed by atoms with van der Waals surface area (Å²) in [6, 6.07) is 8.02. The molecule has 1 aromatic rings. The first-order valence-corrected chi connectivity index (χ1v) is 6.94. The van der Waals surface area contributed by atoms with Gasteiger partial charge in [-0.05, 0) is 37.9 Å². The molecule has 0 spiro atoms. The number of carbonyl (C=O) groups excluding carboxylic acids is 1. The Morgan fingerprint density at radius 1 is 1.50 bits per heavy atom. The number of ether oxygens (including phenoxy) is 1. The van der Waals surface area contributed by atoms with Gasteiger partial charge < -0.3 is 15.4 Å². The quantitative estimate of drug-likeness (QED) is 0.875. The highest BCUT2D eigenvalue weighted by atomic mass is 35.5. The summed E-state index contributed by atoms with van der Waals surface area (Å²) < 4.78 is 5.83. The molecule has 1 aliphatic rings. The van der Waals surface area contributed by atoms with Gasteiger partial charge in [-0.2, -0.15) is 0 Å². The van der Waals surface area contributed by atoms with E-state index in [-0.39, 0.29) is 24.4 Å². The first-order chi connectivity index (χ1) is 9.20. The third-order valence-corrected chi connectivity index (χ3v) is 3.43. The van der Waals surface area contributed by atoms with Gasteiger partial charge in [-0.15, -0.1) is 12.4 Å². The van der Waals surface area contributed by atoms with E-state index in [0.717, 1.165) is 30.8 Å². The Hall–Kier alpha value is -1.26. The maximum Gasteiger partial charge on any atom is 0.261 e. The molecule has 0 saturated carbocycles. The van der Waals surface area contributed by atoms with Crippen molar-refractivity contribution in [3.05, 3.63) is 29.8 Å². The van der Waals surface area contributed by atoms with Crippen molar-refractivity contribution in [2.24, 2.45) is 0 Å². The highest BCUT2D eigenvalue weighted by Gasteiger charge is 2.23. The number of hydrogen-bond donors (Lipinski definition) is 2. The first kappa shape index (κ1) is 16.8. The maximum absolute atomic E-state index is 12.2. The summed E-state index contributed by atoms with van der Waals surface area (Å²) in [5.74, 6) is 0.772. The summed E-state index contributed by atoms with van der Waals surface area (Å²) in [6.07, 6.45) is 1.24. The van der Waals surface area contributed by atoms with Crippen LogP contribution in [-0.4, -0.2) is 31.1 Å². The summed E-state index contributed by atoms with van der Waals surface area (Å²) in [5, 5.41) is 6.28. The highest BCUT2D eigenvalue weighted by Crippen LogP contribution is 2.19. The molecule has 0 aromatic heterocycles. The van der Waals surface area contributed by atoms with E-state index in [4.69, 9.17) is 4.74 Å². The van der Waals surface area contributed by atoms with E-state index in [1.54, 1.807) is 0 Å². The van der Waals surface area contributed by atoms with Crippen LogP contribution in [0.25, 0.3) is 0 Å². The van der Waals surface area contributed by atoms with E-state index in [1.807, 2.05) is 38.1 Å². The van der Waals surface area contributed by atoms with Gasteiger partial charge in [-0.1, -0.05) is 25.1 Å². The molecule has 2 rings (SSSR count). The van der Waals surface area contributed by atoms with E-state index in [1.165, 1.54) is 0 Å². The van der Waals surface area contributed by atoms with Crippen LogP contribution < -0.4 is 15.4 Å². The fraction of sp³-hybridized carbons (Fsp3) is 0.533. The van der Waals surface area contributed by atoms with Crippen LogP contribution in [0.4, 0.5) is 0 Å². The lowest BCUT2D eigenvalue weighted by molar-refractivity contribution is -0.128. The Kier molecular flexibility index (Phi) is 6.82. The van der Waals surface area contributed by atoms with Crippen LogP contribution in [0.2, 0.25) is 0 Å².